The Morgan fingerprint density at radius 3 is 2.81 bits per heavy atom. The van der Waals surface area contributed by atoms with Crippen LogP contribution in [0.25, 0.3) is 10.9 Å². The summed E-state index contributed by atoms with van der Waals surface area (Å²) >= 11 is 0. The summed E-state index contributed by atoms with van der Waals surface area (Å²) in [5.74, 6) is 0.572. The van der Waals surface area contributed by atoms with Crippen LogP contribution in [0.3, 0.4) is 0 Å². The number of nitrogens with zero attached hydrogens (tertiary/aromatic N) is 1. The van der Waals surface area contributed by atoms with Crippen LogP contribution in [-0.4, -0.2) is 50.1 Å². The SMILES string of the molecule is CC(C)c1ccc2cc(C(=O)N3CCC[C@H](CNS(C)(=O)=O)C3)[nH]c2c1. The molecule has 7 heteroatoms. The van der Waals surface area contributed by atoms with E-state index in [1.54, 1.807) is 0 Å². The molecule has 0 bridgehead atoms. The van der Waals surface area contributed by atoms with Crippen LogP contribution < -0.4 is 4.72 Å². The lowest BCUT2D eigenvalue weighted by Crippen LogP contribution is -2.43. The number of amides is 1. The number of likely N-dealkylation sites (tertiary alicyclic amines) is 1. The monoisotopic (exact) mass is 377 g/mol. The second-order valence-electron chi connectivity index (χ2n) is 7.56. The number of nitrogens with one attached hydrogen (secondary N) is 2. The lowest BCUT2D eigenvalue weighted by molar-refractivity contribution is 0.0671. The minimum Gasteiger partial charge on any atom is -0.351 e. The zero-order valence-corrected chi connectivity index (χ0v) is 16.4. The Morgan fingerprint density at radius 1 is 1.35 bits per heavy atom. The van der Waals surface area contributed by atoms with Gasteiger partial charge >= 0.3 is 0 Å². The van der Waals surface area contributed by atoms with Crippen molar-refractivity contribution >= 4 is 26.8 Å². The van der Waals surface area contributed by atoms with Crippen molar-refractivity contribution < 1.29 is 13.2 Å². The second kappa shape index (κ2) is 7.40. The molecule has 1 saturated heterocycles. The molecule has 0 unspecified atom stereocenters. The van der Waals surface area contributed by atoms with Gasteiger partial charge in [0, 0.05) is 30.5 Å². The second-order valence-corrected chi connectivity index (χ2v) is 9.40. The first-order valence-corrected chi connectivity index (χ1v) is 11.0. The maximum absolute atomic E-state index is 12.9. The highest BCUT2D eigenvalue weighted by molar-refractivity contribution is 7.88. The van der Waals surface area contributed by atoms with Crippen molar-refractivity contribution in [3.8, 4) is 0 Å². The van der Waals surface area contributed by atoms with E-state index in [0.717, 1.165) is 30.0 Å². The largest absolute Gasteiger partial charge is 0.351 e. The molecular weight excluding hydrogens is 350 g/mol. The standard InChI is InChI=1S/C19H27N3O3S/c1-13(2)15-6-7-16-10-18(21-17(16)9-15)19(23)22-8-4-5-14(12-22)11-20-26(3,24)25/h6-7,9-10,13-14,20-21H,4-5,8,11-12H2,1-3H3/t14-/m1/s1. The molecule has 1 atom stereocenters. The molecule has 0 aliphatic carbocycles. The highest BCUT2D eigenvalue weighted by Gasteiger charge is 2.26. The number of fused-ring (bicyclic) bond motifs is 1. The van der Waals surface area contributed by atoms with E-state index >= 15 is 0 Å². The van der Waals surface area contributed by atoms with Crippen molar-refractivity contribution in [1.82, 2.24) is 14.6 Å². The smallest absolute Gasteiger partial charge is 0.270 e. The minimum absolute atomic E-state index is 0.0173. The molecule has 1 aromatic heterocycles. The fourth-order valence-electron chi connectivity index (χ4n) is 3.47. The summed E-state index contributed by atoms with van der Waals surface area (Å²) in [5.41, 5.74) is 2.81. The maximum Gasteiger partial charge on any atom is 0.270 e. The van der Waals surface area contributed by atoms with Gasteiger partial charge in [0.15, 0.2) is 0 Å². The quantitative estimate of drug-likeness (QED) is 0.840. The Kier molecular flexibility index (Phi) is 5.39. The molecule has 2 N–H and O–H groups in total. The average Bonchev–Trinajstić information content (AvgIpc) is 3.02. The van der Waals surface area contributed by atoms with E-state index in [1.165, 1.54) is 5.56 Å². The molecule has 6 nitrogen and oxygen atoms in total. The molecule has 1 aliphatic heterocycles. The molecule has 0 saturated carbocycles. The third kappa shape index (κ3) is 4.45. The minimum atomic E-state index is -3.20. The van der Waals surface area contributed by atoms with E-state index in [1.807, 2.05) is 17.0 Å². The number of carbonyl (C=O) groups excluding carboxylic acids is 1. The Bertz CT molecular complexity index is 902. The van der Waals surface area contributed by atoms with E-state index < -0.39 is 10.0 Å². The summed E-state index contributed by atoms with van der Waals surface area (Å²) < 4.78 is 25.1. The van der Waals surface area contributed by atoms with Gasteiger partial charge in [0.05, 0.1) is 6.26 Å². The van der Waals surface area contributed by atoms with Crippen molar-refractivity contribution in [2.75, 3.05) is 25.9 Å². The highest BCUT2D eigenvalue weighted by Crippen LogP contribution is 2.24. The van der Waals surface area contributed by atoms with Crippen LogP contribution in [0.4, 0.5) is 0 Å². The number of benzene rings is 1. The predicted molar refractivity (Wildman–Crippen MR) is 104 cm³/mol. The van der Waals surface area contributed by atoms with Gasteiger partial charge in [-0.1, -0.05) is 26.0 Å². The number of H-pyrrole nitrogens is 1. The van der Waals surface area contributed by atoms with Gasteiger partial charge in [0.25, 0.3) is 5.91 Å². The van der Waals surface area contributed by atoms with Crippen LogP contribution in [0.1, 0.15) is 48.7 Å². The molecular formula is C19H27N3O3S. The summed E-state index contributed by atoms with van der Waals surface area (Å²) in [6, 6.07) is 8.15. The van der Waals surface area contributed by atoms with E-state index in [2.05, 4.69) is 35.7 Å². The number of aromatic amines is 1. The average molecular weight is 378 g/mol. The Hall–Kier alpha value is -1.86. The first-order chi connectivity index (χ1) is 12.2. The molecule has 1 amide bonds. The summed E-state index contributed by atoms with van der Waals surface area (Å²) in [6.07, 6.45) is 2.98. The predicted octanol–water partition coefficient (Wildman–Crippen LogP) is 2.69. The molecule has 3 rings (SSSR count). The Morgan fingerprint density at radius 2 is 2.12 bits per heavy atom. The summed E-state index contributed by atoms with van der Waals surface area (Å²) in [5, 5.41) is 1.03. The number of rotatable bonds is 5. The number of sulfonamides is 1. The number of piperidine rings is 1. The van der Waals surface area contributed by atoms with Gasteiger partial charge in [0.2, 0.25) is 10.0 Å². The number of hydrogen-bond acceptors (Lipinski definition) is 3. The first-order valence-electron chi connectivity index (χ1n) is 9.09. The third-order valence-electron chi connectivity index (χ3n) is 4.98. The van der Waals surface area contributed by atoms with Gasteiger partial charge in [-0.2, -0.15) is 0 Å². The maximum atomic E-state index is 12.9. The van der Waals surface area contributed by atoms with Gasteiger partial charge < -0.3 is 9.88 Å². The highest BCUT2D eigenvalue weighted by atomic mass is 32.2. The van der Waals surface area contributed by atoms with E-state index in [9.17, 15) is 13.2 Å². The van der Waals surface area contributed by atoms with Crippen LogP contribution >= 0.6 is 0 Å². The lowest BCUT2D eigenvalue weighted by Gasteiger charge is -2.32. The van der Waals surface area contributed by atoms with Crippen LogP contribution in [-0.2, 0) is 10.0 Å². The van der Waals surface area contributed by atoms with Crippen molar-refractivity contribution in [1.29, 1.82) is 0 Å². The van der Waals surface area contributed by atoms with Crippen molar-refractivity contribution in [3.05, 3.63) is 35.5 Å². The molecule has 2 aromatic rings. The fourth-order valence-corrected chi connectivity index (χ4v) is 4.01. The van der Waals surface area contributed by atoms with Crippen molar-refractivity contribution in [2.45, 2.75) is 32.6 Å². The Balaban J connectivity index is 1.72. The molecule has 1 aromatic carbocycles. The topological polar surface area (TPSA) is 82.3 Å². The third-order valence-corrected chi connectivity index (χ3v) is 5.68. The van der Waals surface area contributed by atoms with E-state index in [-0.39, 0.29) is 11.8 Å². The molecule has 26 heavy (non-hydrogen) atoms. The molecule has 0 radical (unpaired) electrons. The lowest BCUT2D eigenvalue weighted by atomic mass is 9.98. The summed E-state index contributed by atoms with van der Waals surface area (Å²) in [6.45, 7) is 5.96. The molecule has 1 aliphatic rings. The Labute approximate surface area is 155 Å². The summed E-state index contributed by atoms with van der Waals surface area (Å²) in [7, 11) is -3.20. The van der Waals surface area contributed by atoms with Crippen molar-refractivity contribution in [3.63, 3.8) is 0 Å². The first kappa shape index (κ1) is 18.9. The van der Waals surface area contributed by atoms with Crippen LogP contribution in [0.15, 0.2) is 24.3 Å². The zero-order chi connectivity index (χ0) is 18.9. The number of hydrogen-bond donors (Lipinski definition) is 2. The molecule has 2 heterocycles. The molecule has 142 valence electrons. The van der Waals surface area contributed by atoms with E-state index in [4.69, 9.17) is 0 Å². The van der Waals surface area contributed by atoms with Crippen LogP contribution in [0.5, 0.6) is 0 Å². The van der Waals surface area contributed by atoms with Gasteiger partial charge in [0.1, 0.15) is 5.69 Å². The normalized spacial score (nSPS) is 18.6. The van der Waals surface area contributed by atoms with E-state index in [0.29, 0.717) is 31.2 Å². The molecule has 0 spiro atoms. The van der Waals surface area contributed by atoms with Crippen LogP contribution in [0.2, 0.25) is 0 Å². The zero-order valence-electron chi connectivity index (χ0n) is 15.6. The number of aromatic nitrogens is 1. The van der Waals surface area contributed by atoms with Crippen molar-refractivity contribution in [2.24, 2.45) is 5.92 Å². The van der Waals surface area contributed by atoms with Gasteiger partial charge in [-0.15, -0.1) is 0 Å². The molecule has 1 fully saturated rings. The van der Waals surface area contributed by atoms with Crippen LogP contribution in [0, 0.1) is 5.92 Å². The van der Waals surface area contributed by atoms with Gasteiger partial charge in [-0.25, -0.2) is 13.1 Å². The van der Waals surface area contributed by atoms with Gasteiger partial charge in [-0.05, 0) is 42.4 Å². The number of carbonyl (C=O) groups is 1. The summed E-state index contributed by atoms with van der Waals surface area (Å²) in [4.78, 5) is 18.0. The van der Waals surface area contributed by atoms with Gasteiger partial charge in [-0.3, -0.25) is 4.79 Å². The fraction of sp³-hybridized carbons (Fsp3) is 0.526.